The van der Waals surface area contributed by atoms with Crippen molar-refractivity contribution in [3.8, 4) is 0 Å². The summed E-state index contributed by atoms with van der Waals surface area (Å²) in [6.07, 6.45) is 2.21. The molecule has 0 aliphatic carbocycles. The topological polar surface area (TPSA) is 82.6 Å². The molecule has 7 nitrogen and oxygen atoms in total. The maximum atomic E-state index is 12.4. The second-order valence-corrected chi connectivity index (χ2v) is 7.56. The van der Waals surface area contributed by atoms with Crippen LogP contribution in [0.4, 0.5) is 4.79 Å². The molecule has 1 aromatic heterocycles. The largest absolute Gasteiger partial charge is 0.444 e. The van der Waals surface area contributed by atoms with Gasteiger partial charge in [-0.25, -0.2) is 4.79 Å². The minimum Gasteiger partial charge on any atom is -0.444 e. The highest BCUT2D eigenvalue weighted by Gasteiger charge is 2.34. The number of amides is 1. The molecule has 7 heteroatoms. The Kier molecular flexibility index (Phi) is 5.87. The summed E-state index contributed by atoms with van der Waals surface area (Å²) < 4.78 is 12.9. The van der Waals surface area contributed by atoms with Crippen molar-refractivity contribution in [2.24, 2.45) is 5.73 Å². The van der Waals surface area contributed by atoms with Crippen LogP contribution in [-0.4, -0.2) is 58.2 Å². The van der Waals surface area contributed by atoms with Crippen LogP contribution in [-0.2, 0) is 15.9 Å². The molecule has 0 radical (unpaired) electrons. The predicted molar refractivity (Wildman–Crippen MR) is 91.8 cm³/mol. The van der Waals surface area contributed by atoms with Gasteiger partial charge in [0.1, 0.15) is 5.60 Å². The van der Waals surface area contributed by atoms with Crippen LogP contribution in [0.3, 0.4) is 0 Å². The number of nitrogens with zero attached hydrogens (tertiary/aromatic N) is 3. The smallest absolute Gasteiger partial charge is 0.410 e. The first-order valence-electron chi connectivity index (χ1n) is 8.54. The fraction of sp³-hybridized carbons (Fsp3) is 0.765. The average Bonchev–Trinajstić information content (AvgIpc) is 2.94. The number of rotatable bonds is 4. The van der Waals surface area contributed by atoms with Crippen LogP contribution in [0.15, 0.2) is 12.3 Å². The minimum atomic E-state index is -0.528. The zero-order valence-electron chi connectivity index (χ0n) is 15.4. The zero-order valence-corrected chi connectivity index (χ0v) is 15.4. The predicted octanol–water partition coefficient (Wildman–Crippen LogP) is 1.97. The van der Waals surface area contributed by atoms with E-state index >= 15 is 0 Å². The lowest BCUT2D eigenvalue weighted by Crippen LogP contribution is -2.58. The van der Waals surface area contributed by atoms with Crippen LogP contribution in [0, 0.1) is 0 Å². The first kappa shape index (κ1) is 18.7. The fourth-order valence-corrected chi connectivity index (χ4v) is 2.68. The molecule has 1 aliphatic rings. The molecule has 136 valence electrons. The summed E-state index contributed by atoms with van der Waals surface area (Å²) >= 11 is 0. The summed E-state index contributed by atoms with van der Waals surface area (Å²) in [6.45, 7) is 11.2. The van der Waals surface area contributed by atoms with Crippen molar-refractivity contribution < 1.29 is 14.3 Å². The number of nitrogens with two attached hydrogens (primary N) is 1. The van der Waals surface area contributed by atoms with Crippen LogP contribution in [0.25, 0.3) is 0 Å². The zero-order chi connectivity index (χ0) is 17.9. The highest BCUT2D eigenvalue weighted by Crippen LogP contribution is 2.18. The van der Waals surface area contributed by atoms with Gasteiger partial charge in [0.05, 0.1) is 24.9 Å². The average molecular weight is 338 g/mol. The van der Waals surface area contributed by atoms with Gasteiger partial charge in [0.2, 0.25) is 0 Å². The van der Waals surface area contributed by atoms with Gasteiger partial charge < -0.3 is 15.2 Å². The molecule has 1 aliphatic heterocycles. The lowest BCUT2D eigenvalue weighted by Gasteiger charge is -2.39. The monoisotopic (exact) mass is 338 g/mol. The Labute approximate surface area is 144 Å². The minimum absolute atomic E-state index is 0.210. The third-order valence-electron chi connectivity index (χ3n) is 3.93. The van der Waals surface area contributed by atoms with Crippen LogP contribution in [0.5, 0.6) is 0 Å². The Balaban J connectivity index is 2.04. The molecule has 1 saturated heterocycles. The standard InChI is InChI=1S/C17H30N4O3/c1-12(2)21-7-6-13(19-21)10-14(18)15-11-23-9-8-20(15)16(22)24-17(3,4)5/h6-7,12,14-15H,8-11,18H2,1-5H3. The molecule has 2 unspecified atom stereocenters. The molecule has 0 saturated carbocycles. The van der Waals surface area contributed by atoms with Crippen molar-refractivity contribution >= 4 is 6.09 Å². The number of carbonyl (C=O) groups is 1. The third kappa shape index (κ3) is 4.95. The van der Waals surface area contributed by atoms with Gasteiger partial charge in [-0.05, 0) is 40.7 Å². The molecule has 1 fully saturated rings. The van der Waals surface area contributed by atoms with Crippen molar-refractivity contribution in [3.05, 3.63) is 18.0 Å². The summed E-state index contributed by atoms with van der Waals surface area (Å²) in [5.41, 5.74) is 6.77. The molecule has 0 aromatic carbocycles. The van der Waals surface area contributed by atoms with Gasteiger partial charge in [0, 0.05) is 31.2 Å². The Morgan fingerprint density at radius 1 is 1.50 bits per heavy atom. The van der Waals surface area contributed by atoms with E-state index in [1.807, 2.05) is 37.7 Å². The van der Waals surface area contributed by atoms with Crippen LogP contribution in [0.1, 0.15) is 46.4 Å². The van der Waals surface area contributed by atoms with E-state index in [0.717, 1.165) is 5.69 Å². The van der Waals surface area contributed by atoms with Gasteiger partial charge in [-0.1, -0.05) is 0 Å². The lowest BCUT2D eigenvalue weighted by molar-refractivity contribution is -0.0379. The summed E-state index contributed by atoms with van der Waals surface area (Å²) in [5.74, 6) is 0. The van der Waals surface area contributed by atoms with Gasteiger partial charge in [-0.2, -0.15) is 5.10 Å². The quantitative estimate of drug-likeness (QED) is 0.907. The van der Waals surface area contributed by atoms with Gasteiger partial charge in [0.25, 0.3) is 0 Å². The van der Waals surface area contributed by atoms with E-state index in [4.69, 9.17) is 15.2 Å². The Bertz CT molecular complexity index is 550. The van der Waals surface area contributed by atoms with Crippen molar-refractivity contribution in [3.63, 3.8) is 0 Å². The number of ether oxygens (including phenoxy) is 2. The molecular weight excluding hydrogens is 308 g/mol. The molecular formula is C17H30N4O3. The second kappa shape index (κ2) is 7.53. The van der Waals surface area contributed by atoms with Gasteiger partial charge in [-0.15, -0.1) is 0 Å². The van der Waals surface area contributed by atoms with E-state index in [0.29, 0.717) is 32.2 Å². The first-order chi connectivity index (χ1) is 11.2. The third-order valence-corrected chi connectivity index (χ3v) is 3.93. The number of aromatic nitrogens is 2. The van der Waals surface area contributed by atoms with Gasteiger partial charge in [0.15, 0.2) is 0 Å². The Morgan fingerprint density at radius 3 is 2.79 bits per heavy atom. The van der Waals surface area contributed by atoms with E-state index in [1.165, 1.54) is 0 Å². The molecule has 0 bridgehead atoms. The Morgan fingerprint density at radius 2 is 2.21 bits per heavy atom. The highest BCUT2D eigenvalue weighted by molar-refractivity contribution is 5.68. The normalized spacial score (nSPS) is 20.3. The fourth-order valence-electron chi connectivity index (χ4n) is 2.68. The molecule has 2 atom stereocenters. The SMILES string of the molecule is CC(C)n1ccc(CC(N)C2COCCN2C(=O)OC(C)(C)C)n1. The molecule has 2 N–H and O–H groups in total. The second-order valence-electron chi connectivity index (χ2n) is 7.56. The maximum Gasteiger partial charge on any atom is 0.410 e. The van der Waals surface area contributed by atoms with E-state index in [1.54, 1.807) is 4.90 Å². The molecule has 1 amide bonds. The number of hydrogen-bond donors (Lipinski definition) is 1. The number of carbonyl (C=O) groups excluding carboxylic acids is 1. The van der Waals surface area contributed by atoms with Crippen LogP contribution < -0.4 is 5.73 Å². The molecule has 24 heavy (non-hydrogen) atoms. The van der Waals surface area contributed by atoms with Gasteiger partial charge >= 0.3 is 6.09 Å². The van der Waals surface area contributed by atoms with Crippen molar-refractivity contribution in [1.29, 1.82) is 0 Å². The molecule has 0 spiro atoms. The van der Waals surface area contributed by atoms with Crippen molar-refractivity contribution in [2.45, 2.75) is 64.8 Å². The number of morpholine rings is 1. The van der Waals surface area contributed by atoms with E-state index in [9.17, 15) is 4.79 Å². The lowest BCUT2D eigenvalue weighted by atomic mass is 10.0. The van der Waals surface area contributed by atoms with Crippen LogP contribution >= 0.6 is 0 Å². The first-order valence-corrected chi connectivity index (χ1v) is 8.54. The summed E-state index contributed by atoms with van der Waals surface area (Å²) in [6, 6.07) is 1.82. The summed E-state index contributed by atoms with van der Waals surface area (Å²) in [5, 5.41) is 4.54. The molecule has 2 rings (SSSR count). The highest BCUT2D eigenvalue weighted by atomic mass is 16.6. The summed E-state index contributed by atoms with van der Waals surface area (Å²) in [7, 11) is 0. The van der Waals surface area contributed by atoms with Crippen LogP contribution in [0.2, 0.25) is 0 Å². The number of hydrogen-bond acceptors (Lipinski definition) is 5. The van der Waals surface area contributed by atoms with Crippen molar-refractivity contribution in [1.82, 2.24) is 14.7 Å². The van der Waals surface area contributed by atoms with E-state index < -0.39 is 5.60 Å². The van der Waals surface area contributed by atoms with E-state index in [-0.39, 0.29) is 18.2 Å². The molecule has 1 aromatic rings. The van der Waals surface area contributed by atoms with Crippen molar-refractivity contribution in [2.75, 3.05) is 19.8 Å². The Hall–Kier alpha value is -1.60. The van der Waals surface area contributed by atoms with E-state index in [2.05, 4.69) is 18.9 Å². The maximum absolute atomic E-state index is 12.4. The molecule has 2 heterocycles. The summed E-state index contributed by atoms with van der Waals surface area (Å²) in [4.78, 5) is 14.1. The van der Waals surface area contributed by atoms with Gasteiger partial charge in [-0.3, -0.25) is 9.58 Å².